The third-order valence-electron chi connectivity index (χ3n) is 3.35. The first-order valence-corrected chi connectivity index (χ1v) is 6.96. The van der Waals surface area contributed by atoms with Crippen LogP contribution in [-0.2, 0) is 16.0 Å². The van der Waals surface area contributed by atoms with Gasteiger partial charge in [-0.05, 0) is 32.6 Å². The fraction of sp³-hybridized carbons (Fsp3) is 0.846. The van der Waals surface area contributed by atoms with Crippen LogP contribution in [0.4, 0.5) is 0 Å². The molecule has 0 aromatic carbocycles. The standard InChI is InChI=1S/C13H23N3O2/c1-3-17-13(18-4-2)12-10-16(15-14-12)9-11-7-5-6-8-11/h10-11,13H,3-9H2,1-2H3. The molecule has 1 aliphatic carbocycles. The summed E-state index contributed by atoms with van der Waals surface area (Å²) in [6.45, 7) is 6.10. The van der Waals surface area contributed by atoms with Gasteiger partial charge in [0, 0.05) is 19.8 Å². The molecule has 0 radical (unpaired) electrons. The van der Waals surface area contributed by atoms with Gasteiger partial charge in [0.25, 0.3) is 0 Å². The lowest BCUT2D eigenvalue weighted by molar-refractivity contribution is -0.142. The second-order valence-electron chi connectivity index (χ2n) is 4.76. The number of rotatable bonds is 7. The fourth-order valence-corrected chi connectivity index (χ4v) is 2.49. The Morgan fingerprint density at radius 3 is 2.56 bits per heavy atom. The quantitative estimate of drug-likeness (QED) is 0.701. The molecule has 1 saturated carbocycles. The number of hydrogen-bond donors (Lipinski definition) is 0. The highest BCUT2D eigenvalue weighted by Gasteiger charge is 2.19. The van der Waals surface area contributed by atoms with Gasteiger partial charge in [-0.15, -0.1) is 5.10 Å². The van der Waals surface area contributed by atoms with Gasteiger partial charge in [-0.2, -0.15) is 0 Å². The minimum Gasteiger partial charge on any atom is -0.347 e. The molecule has 0 saturated heterocycles. The van der Waals surface area contributed by atoms with Crippen molar-refractivity contribution >= 4 is 0 Å². The van der Waals surface area contributed by atoms with Gasteiger partial charge in [0.15, 0.2) is 0 Å². The van der Waals surface area contributed by atoms with E-state index in [0.717, 1.165) is 18.2 Å². The van der Waals surface area contributed by atoms with Crippen LogP contribution in [0.3, 0.4) is 0 Å². The van der Waals surface area contributed by atoms with Crippen molar-refractivity contribution in [3.63, 3.8) is 0 Å². The van der Waals surface area contributed by atoms with Crippen molar-refractivity contribution in [3.05, 3.63) is 11.9 Å². The first-order valence-electron chi connectivity index (χ1n) is 6.96. The lowest BCUT2D eigenvalue weighted by Crippen LogP contribution is -2.09. The number of ether oxygens (including phenoxy) is 2. The van der Waals surface area contributed by atoms with Crippen molar-refractivity contribution in [2.24, 2.45) is 5.92 Å². The lowest BCUT2D eigenvalue weighted by atomic mass is 10.1. The van der Waals surface area contributed by atoms with Gasteiger partial charge in [0.05, 0.1) is 6.20 Å². The summed E-state index contributed by atoms with van der Waals surface area (Å²) >= 11 is 0. The molecule has 18 heavy (non-hydrogen) atoms. The number of hydrogen-bond acceptors (Lipinski definition) is 4. The number of nitrogens with zero attached hydrogens (tertiary/aromatic N) is 3. The Morgan fingerprint density at radius 2 is 1.94 bits per heavy atom. The van der Waals surface area contributed by atoms with Gasteiger partial charge in [-0.1, -0.05) is 18.1 Å². The average Bonchev–Trinajstić information content (AvgIpc) is 3.01. The second kappa shape index (κ2) is 6.85. The molecule has 1 heterocycles. The largest absolute Gasteiger partial charge is 0.347 e. The molecule has 0 unspecified atom stereocenters. The summed E-state index contributed by atoms with van der Waals surface area (Å²) < 4.78 is 13.0. The van der Waals surface area contributed by atoms with E-state index >= 15 is 0 Å². The molecule has 1 aromatic rings. The van der Waals surface area contributed by atoms with Gasteiger partial charge >= 0.3 is 0 Å². The summed E-state index contributed by atoms with van der Waals surface area (Å²) in [6, 6.07) is 0. The Labute approximate surface area is 108 Å². The summed E-state index contributed by atoms with van der Waals surface area (Å²) in [5.74, 6) is 0.761. The van der Waals surface area contributed by atoms with Crippen LogP contribution < -0.4 is 0 Å². The smallest absolute Gasteiger partial charge is 0.204 e. The lowest BCUT2D eigenvalue weighted by Gasteiger charge is -2.13. The van der Waals surface area contributed by atoms with Crippen LogP contribution in [0.25, 0.3) is 0 Å². The third kappa shape index (κ3) is 3.53. The molecule has 0 spiro atoms. The fourth-order valence-electron chi connectivity index (χ4n) is 2.49. The molecule has 1 fully saturated rings. The molecule has 1 aromatic heterocycles. The van der Waals surface area contributed by atoms with Crippen LogP contribution in [0.5, 0.6) is 0 Å². The van der Waals surface area contributed by atoms with E-state index in [1.807, 2.05) is 24.7 Å². The summed E-state index contributed by atoms with van der Waals surface area (Å²) in [4.78, 5) is 0. The van der Waals surface area contributed by atoms with E-state index in [-0.39, 0.29) is 6.29 Å². The monoisotopic (exact) mass is 253 g/mol. The zero-order valence-corrected chi connectivity index (χ0v) is 11.3. The van der Waals surface area contributed by atoms with Crippen LogP contribution >= 0.6 is 0 Å². The Morgan fingerprint density at radius 1 is 1.28 bits per heavy atom. The predicted octanol–water partition coefficient (Wildman–Crippen LogP) is 2.54. The third-order valence-corrected chi connectivity index (χ3v) is 3.35. The molecule has 0 atom stereocenters. The van der Waals surface area contributed by atoms with Crippen molar-refractivity contribution in [2.75, 3.05) is 13.2 Å². The zero-order valence-electron chi connectivity index (χ0n) is 11.3. The minimum absolute atomic E-state index is 0.377. The first-order chi connectivity index (χ1) is 8.83. The Kier molecular flexibility index (Phi) is 5.13. The highest BCUT2D eigenvalue weighted by atomic mass is 16.7. The van der Waals surface area contributed by atoms with E-state index in [9.17, 15) is 0 Å². The maximum atomic E-state index is 5.51. The predicted molar refractivity (Wildman–Crippen MR) is 68.0 cm³/mol. The maximum Gasteiger partial charge on any atom is 0.204 e. The Balaban J connectivity index is 1.94. The van der Waals surface area contributed by atoms with Crippen LogP contribution in [0.1, 0.15) is 51.5 Å². The van der Waals surface area contributed by atoms with Crippen LogP contribution in [0.2, 0.25) is 0 Å². The summed E-state index contributed by atoms with van der Waals surface area (Å²) in [5.41, 5.74) is 0.775. The molecule has 0 bridgehead atoms. The summed E-state index contributed by atoms with van der Waals surface area (Å²) in [5, 5.41) is 8.33. The van der Waals surface area contributed by atoms with E-state index in [4.69, 9.17) is 9.47 Å². The second-order valence-corrected chi connectivity index (χ2v) is 4.76. The number of aromatic nitrogens is 3. The zero-order chi connectivity index (χ0) is 12.8. The normalized spacial score (nSPS) is 16.8. The van der Waals surface area contributed by atoms with Crippen LogP contribution in [0.15, 0.2) is 6.20 Å². The average molecular weight is 253 g/mol. The van der Waals surface area contributed by atoms with E-state index < -0.39 is 0 Å². The SMILES string of the molecule is CCOC(OCC)c1cn(CC2CCCC2)nn1. The topological polar surface area (TPSA) is 49.2 Å². The highest BCUT2D eigenvalue weighted by Crippen LogP contribution is 2.26. The van der Waals surface area contributed by atoms with Gasteiger partial charge < -0.3 is 9.47 Å². The first kappa shape index (κ1) is 13.5. The molecule has 2 rings (SSSR count). The molecular formula is C13H23N3O2. The van der Waals surface area contributed by atoms with Gasteiger partial charge in [-0.25, -0.2) is 0 Å². The van der Waals surface area contributed by atoms with Crippen LogP contribution in [0, 0.1) is 5.92 Å². The summed E-state index contributed by atoms with van der Waals surface area (Å²) in [6.07, 6.45) is 6.91. The molecule has 102 valence electrons. The molecular weight excluding hydrogens is 230 g/mol. The van der Waals surface area contributed by atoms with Crippen molar-refractivity contribution < 1.29 is 9.47 Å². The highest BCUT2D eigenvalue weighted by molar-refractivity contribution is 4.94. The minimum atomic E-state index is -0.377. The van der Waals surface area contributed by atoms with Crippen LogP contribution in [-0.4, -0.2) is 28.2 Å². The Hall–Kier alpha value is -0.940. The molecule has 5 nitrogen and oxygen atoms in total. The molecule has 5 heteroatoms. The van der Waals surface area contributed by atoms with E-state index in [2.05, 4.69) is 10.3 Å². The van der Waals surface area contributed by atoms with Crippen molar-refractivity contribution in [3.8, 4) is 0 Å². The molecule has 1 aliphatic rings. The summed E-state index contributed by atoms with van der Waals surface area (Å²) in [7, 11) is 0. The van der Waals surface area contributed by atoms with Gasteiger partial charge in [-0.3, -0.25) is 4.68 Å². The Bertz CT molecular complexity index is 342. The van der Waals surface area contributed by atoms with Gasteiger partial charge in [0.2, 0.25) is 6.29 Å². The van der Waals surface area contributed by atoms with Crippen molar-refractivity contribution in [1.82, 2.24) is 15.0 Å². The maximum absolute atomic E-state index is 5.51. The molecule has 0 N–H and O–H groups in total. The van der Waals surface area contributed by atoms with Crippen molar-refractivity contribution in [1.29, 1.82) is 0 Å². The van der Waals surface area contributed by atoms with Crippen molar-refractivity contribution in [2.45, 2.75) is 52.4 Å². The van der Waals surface area contributed by atoms with E-state index in [1.54, 1.807) is 0 Å². The molecule has 0 amide bonds. The van der Waals surface area contributed by atoms with Gasteiger partial charge in [0.1, 0.15) is 5.69 Å². The molecule has 0 aliphatic heterocycles. The van der Waals surface area contributed by atoms with E-state index in [1.165, 1.54) is 25.7 Å². The van der Waals surface area contributed by atoms with E-state index in [0.29, 0.717) is 13.2 Å².